The standard InChI is InChI=1S/C72H68/c1-41-23-15-17-25-49(41)61-53-29-21-22-30-54(53)62(50-26-18-16-24-42(50)2)68-58-34-32-56-63-55(31-33-57(64(58)63)67(61)68)65-59(43-35-45(69(3,4)5)39-46(36-43)70(6,7)8)51-27-19-20-28-52(51)60(66(56)65)44-37-47(71(9,10)11)40-48(38-44)72(12,13)14/h15-40H,1-14H3. The molecule has 356 valence electrons. The summed E-state index contributed by atoms with van der Waals surface area (Å²) in [4.78, 5) is 0. The topological polar surface area (TPSA) is 0 Å². The highest BCUT2D eigenvalue weighted by Crippen LogP contribution is 2.48. The molecule has 0 unspecified atom stereocenters. The highest BCUT2D eigenvalue weighted by molar-refractivity contribution is 6.09. The lowest BCUT2D eigenvalue weighted by Gasteiger charge is -2.28. The SMILES string of the molecule is Cc1ccccc1-c1c2c(c(-c3ccccc3C)c3ccccc13)=c1ccc3c4c(ccc=2c14)=c1c(-c2cc(C(C)(C)C)cc(C(C)(C)C)c2)c2ccccc2c(-c2cc(C(C)(C)C)cc(C(C)(C)C)c2)c1=3. The van der Waals surface area contributed by atoms with Crippen LogP contribution < -0.4 is 0 Å². The molecule has 0 radical (unpaired) electrons. The molecule has 0 nitrogen and oxygen atoms in total. The highest BCUT2D eigenvalue weighted by Gasteiger charge is 2.29. The van der Waals surface area contributed by atoms with Gasteiger partial charge in [-0.1, -0.05) is 241 Å². The van der Waals surface area contributed by atoms with E-state index in [1.54, 1.807) is 0 Å². The maximum atomic E-state index is 2.53. The Morgan fingerprint density at radius 1 is 0.264 bits per heavy atom. The van der Waals surface area contributed by atoms with Gasteiger partial charge in [-0.05, 0) is 187 Å². The van der Waals surface area contributed by atoms with Gasteiger partial charge in [-0.3, -0.25) is 0 Å². The fourth-order valence-corrected chi connectivity index (χ4v) is 12.4. The number of benzene rings is 10. The third-order valence-electron chi connectivity index (χ3n) is 16.4. The second-order valence-electron chi connectivity index (χ2n) is 25.4. The molecule has 2 aliphatic rings. The molecule has 0 aliphatic heterocycles. The van der Waals surface area contributed by atoms with E-state index in [2.05, 4.69) is 255 Å². The van der Waals surface area contributed by atoms with Crippen molar-refractivity contribution in [3.63, 3.8) is 0 Å². The van der Waals surface area contributed by atoms with Crippen molar-refractivity contribution in [2.75, 3.05) is 0 Å². The van der Waals surface area contributed by atoms with Gasteiger partial charge in [0.1, 0.15) is 0 Å². The van der Waals surface area contributed by atoms with Gasteiger partial charge in [0, 0.05) is 0 Å². The number of rotatable bonds is 4. The molecule has 0 saturated carbocycles. The van der Waals surface area contributed by atoms with Crippen LogP contribution in [0.3, 0.4) is 0 Å². The Labute approximate surface area is 426 Å². The van der Waals surface area contributed by atoms with E-state index in [9.17, 15) is 0 Å². The summed E-state index contributed by atoms with van der Waals surface area (Å²) in [6, 6.07) is 61.7. The molecular weight excluding hydrogens is 865 g/mol. The van der Waals surface area contributed by atoms with Crippen molar-refractivity contribution in [2.24, 2.45) is 0 Å². The van der Waals surface area contributed by atoms with Crippen LogP contribution in [0.2, 0.25) is 0 Å². The Morgan fingerprint density at radius 2 is 0.514 bits per heavy atom. The van der Waals surface area contributed by atoms with Crippen LogP contribution in [0.5, 0.6) is 0 Å². The smallest absolute Gasteiger partial charge is 0.000730 e. The minimum Gasteiger partial charge on any atom is -0.0620 e. The monoisotopic (exact) mass is 933 g/mol. The summed E-state index contributed by atoms with van der Waals surface area (Å²) in [7, 11) is 0. The molecule has 0 amide bonds. The van der Waals surface area contributed by atoms with E-state index < -0.39 is 0 Å². The van der Waals surface area contributed by atoms with Gasteiger partial charge in [0.05, 0.1) is 0 Å². The summed E-state index contributed by atoms with van der Waals surface area (Å²) < 4.78 is 0. The molecule has 0 N–H and O–H groups in total. The molecule has 0 bridgehead atoms. The normalized spacial score (nSPS) is 13.1. The van der Waals surface area contributed by atoms with E-state index >= 15 is 0 Å². The maximum Gasteiger partial charge on any atom is -0.000730 e. The van der Waals surface area contributed by atoms with Gasteiger partial charge in [0.2, 0.25) is 0 Å². The van der Waals surface area contributed by atoms with Crippen LogP contribution >= 0.6 is 0 Å². The summed E-state index contributed by atoms with van der Waals surface area (Å²) in [6.07, 6.45) is 0. The summed E-state index contributed by atoms with van der Waals surface area (Å²) >= 11 is 0. The van der Waals surface area contributed by atoms with E-state index in [4.69, 9.17) is 0 Å². The molecule has 0 heterocycles. The molecule has 0 fully saturated rings. The number of hydrogen-bond acceptors (Lipinski definition) is 0. The van der Waals surface area contributed by atoms with Crippen molar-refractivity contribution in [3.05, 3.63) is 233 Å². The molecule has 0 heteroatoms. The lowest BCUT2D eigenvalue weighted by molar-refractivity contribution is 0.568. The first-order valence-corrected chi connectivity index (χ1v) is 26.3. The Kier molecular flexibility index (Phi) is 10.1. The molecule has 0 atom stereocenters. The van der Waals surface area contributed by atoms with Crippen molar-refractivity contribution in [3.8, 4) is 44.5 Å². The molecule has 0 spiro atoms. The minimum absolute atomic E-state index is 0.0455. The predicted molar refractivity (Wildman–Crippen MR) is 309 cm³/mol. The minimum atomic E-state index is -0.0455. The van der Waals surface area contributed by atoms with Crippen molar-refractivity contribution < 1.29 is 0 Å². The summed E-state index contributed by atoms with van der Waals surface area (Å²) in [5.74, 6) is 0. The van der Waals surface area contributed by atoms with Crippen LogP contribution in [0, 0.1) is 55.6 Å². The molecule has 0 saturated heterocycles. The maximum absolute atomic E-state index is 2.53. The molecule has 2 aliphatic carbocycles. The predicted octanol–water partition coefficient (Wildman–Crippen LogP) is 19.4. The molecule has 10 aromatic carbocycles. The zero-order chi connectivity index (χ0) is 50.6. The van der Waals surface area contributed by atoms with E-state index in [0.717, 1.165) is 0 Å². The van der Waals surface area contributed by atoms with Gasteiger partial charge in [0.25, 0.3) is 0 Å². The van der Waals surface area contributed by atoms with E-state index in [0.29, 0.717) is 0 Å². The van der Waals surface area contributed by atoms with Crippen LogP contribution in [0.1, 0.15) is 116 Å². The van der Waals surface area contributed by atoms with Crippen molar-refractivity contribution in [1.29, 1.82) is 0 Å². The summed E-state index contributed by atoms with van der Waals surface area (Å²) in [6.45, 7) is 33.0. The first-order chi connectivity index (χ1) is 34.1. The second kappa shape index (κ2) is 15.7. The number of fused-ring (bicyclic) bond motifs is 4. The summed E-state index contributed by atoms with van der Waals surface area (Å²) in [5, 5.41) is 18.7. The van der Waals surface area contributed by atoms with E-state index in [1.165, 1.54) is 152 Å². The van der Waals surface area contributed by atoms with Crippen LogP contribution in [0.4, 0.5) is 0 Å². The molecular formula is C72H68. The van der Waals surface area contributed by atoms with Gasteiger partial charge < -0.3 is 0 Å². The van der Waals surface area contributed by atoms with Crippen LogP contribution in [-0.2, 0) is 21.7 Å². The second-order valence-corrected chi connectivity index (χ2v) is 25.4. The first kappa shape index (κ1) is 46.1. The van der Waals surface area contributed by atoms with Gasteiger partial charge in [-0.25, -0.2) is 0 Å². The molecule has 10 aromatic rings. The fourth-order valence-electron chi connectivity index (χ4n) is 12.4. The average molecular weight is 933 g/mol. The first-order valence-electron chi connectivity index (χ1n) is 26.3. The number of hydrogen-bond donors (Lipinski definition) is 0. The lowest BCUT2D eigenvalue weighted by Crippen LogP contribution is -2.17. The zero-order valence-corrected chi connectivity index (χ0v) is 45.0. The number of aryl methyl sites for hydroxylation is 2. The van der Waals surface area contributed by atoms with Crippen molar-refractivity contribution in [1.82, 2.24) is 0 Å². The Hall–Kier alpha value is -7.02. The van der Waals surface area contributed by atoms with Gasteiger partial charge in [-0.2, -0.15) is 0 Å². The van der Waals surface area contributed by atoms with E-state index in [1.807, 2.05) is 0 Å². The largest absolute Gasteiger partial charge is 0.0620 e. The average Bonchev–Trinajstić information content (AvgIpc) is 3.84. The van der Waals surface area contributed by atoms with Crippen molar-refractivity contribution >= 4 is 32.3 Å². The fraction of sp³-hybridized carbons (Fsp3) is 0.250. The highest BCUT2D eigenvalue weighted by atomic mass is 14.3. The van der Waals surface area contributed by atoms with E-state index in [-0.39, 0.29) is 21.7 Å². The van der Waals surface area contributed by atoms with Crippen molar-refractivity contribution in [2.45, 2.75) is 119 Å². The molecule has 12 rings (SSSR count). The lowest BCUT2D eigenvalue weighted by atomic mass is 9.77. The molecule has 0 aromatic heterocycles. The van der Waals surface area contributed by atoms with Gasteiger partial charge >= 0.3 is 0 Å². The third-order valence-corrected chi connectivity index (χ3v) is 16.4. The molecule has 72 heavy (non-hydrogen) atoms. The zero-order valence-electron chi connectivity index (χ0n) is 45.0. The Morgan fingerprint density at radius 3 is 0.792 bits per heavy atom. The summed E-state index contributed by atoms with van der Waals surface area (Å²) in [5.41, 5.74) is 18.4. The van der Waals surface area contributed by atoms with Crippen LogP contribution in [-0.4, -0.2) is 0 Å². The Bertz CT molecular complexity index is 4080. The van der Waals surface area contributed by atoms with Gasteiger partial charge in [-0.15, -0.1) is 0 Å². The third kappa shape index (κ3) is 6.92. The Balaban J connectivity index is 1.41. The van der Waals surface area contributed by atoms with Crippen LogP contribution in [0.25, 0.3) is 76.8 Å². The van der Waals surface area contributed by atoms with Gasteiger partial charge in [0.15, 0.2) is 0 Å². The van der Waals surface area contributed by atoms with Crippen LogP contribution in [0.15, 0.2) is 158 Å². The quantitative estimate of drug-likeness (QED) is 0.165.